The van der Waals surface area contributed by atoms with Gasteiger partial charge >= 0.3 is 0 Å². The summed E-state index contributed by atoms with van der Waals surface area (Å²) in [6.07, 6.45) is 1.42. The van der Waals surface area contributed by atoms with E-state index in [1.807, 2.05) is 0 Å². The summed E-state index contributed by atoms with van der Waals surface area (Å²) in [5.41, 5.74) is 0.648. The molecular weight excluding hydrogens is 252 g/mol. The highest BCUT2D eigenvalue weighted by Crippen LogP contribution is 2.17. The Bertz CT molecular complexity index is 609. The third-order valence-electron chi connectivity index (χ3n) is 2.36. The Hall–Kier alpha value is -2.77. The van der Waals surface area contributed by atoms with Crippen LogP contribution in [0.1, 0.15) is 11.4 Å². The number of amides is 1. The molecular formula is C11H10N4O4. The number of aromatic nitrogens is 2. The van der Waals surface area contributed by atoms with Gasteiger partial charge in [0.2, 0.25) is 5.91 Å². The predicted molar refractivity (Wildman–Crippen MR) is 64.5 cm³/mol. The number of carbonyl (C=O) groups is 1. The van der Waals surface area contributed by atoms with E-state index in [9.17, 15) is 14.9 Å². The molecule has 8 heteroatoms. The first-order chi connectivity index (χ1) is 9.06. The standard InChI is InChI=1S/C11H10N4O4/c1-7-9(15(17)18)2-3-10(12-7)13-11(16)6-8-4-5-19-14-8/h2-5H,6H2,1H3,(H,12,13,16). The van der Waals surface area contributed by atoms with Crippen LogP contribution in [0.3, 0.4) is 0 Å². The molecule has 1 amide bonds. The highest BCUT2D eigenvalue weighted by molar-refractivity contribution is 5.91. The topological polar surface area (TPSA) is 111 Å². The maximum atomic E-state index is 11.6. The molecule has 0 aliphatic carbocycles. The number of anilines is 1. The summed E-state index contributed by atoms with van der Waals surface area (Å²) in [5, 5.41) is 16.8. The van der Waals surface area contributed by atoms with Crippen molar-refractivity contribution < 1.29 is 14.2 Å². The van der Waals surface area contributed by atoms with Crippen LogP contribution in [0.2, 0.25) is 0 Å². The van der Waals surface area contributed by atoms with E-state index < -0.39 is 4.92 Å². The molecule has 0 fully saturated rings. The Morgan fingerprint density at radius 1 is 1.47 bits per heavy atom. The fourth-order valence-corrected chi connectivity index (χ4v) is 1.50. The highest BCUT2D eigenvalue weighted by Gasteiger charge is 2.13. The summed E-state index contributed by atoms with van der Waals surface area (Å²) in [6.45, 7) is 1.51. The summed E-state index contributed by atoms with van der Waals surface area (Å²) in [4.78, 5) is 25.7. The van der Waals surface area contributed by atoms with Gasteiger partial charge in [0.1, 0.15) is 17.8 Å². The molecule has 0 aliphatic heterocycles. The van der Waals surface area contributed by atoms with E-state index in [-0.39, 0.29) is 29.5 Å². The van der Waals surface area contributed by atoms with Crippen molar-refractivity contribution in [3.05, 3.63) is 46.0 Å². The zero-order valence-electron chi connectivity index (χ0n) is 9.99. The van der Waals surface area contributed by atoms with Crippen molar-refractivity contribution in [2.45, 2.75) is 13.3 Å². The first-order valence-electron chi connectivity index (χ1n) is 5.37. The Labute approximate surface area is 107 Å². The summed E-state index contributed by atoms with van der Waals surface area (Å²) < 4.78 is 4.61. The van der Waals surface area contributed by atoms with E-state index in [4.69, 9.17) is 0 Å². The van der Waals surface area contributed by atoms with Crippen LogP contribution in [0.5, 0.6) is 0 Å². The van der Waals surface area contributed by atoms with Gasteiger partial charge in [0, 0.05) is 12.1 Å². The molecule has 2 rings (SSSR count). The summed E-state index contributed by atoms with van der Waals surface area (Å²) in [6, 6.07) is 4.26. The van der Waals surface area contributed by atoms with E-state index in [0.717, 1.165) is 0 Å². The summed E-state index contributed by atoms with van der Waals surface area (Å²) >= 11 is 0. The molecule has 8 nitrogen and oxygen atoms in total. The number of rotatable bonds is 4. The van der Waals surface area contributed by atoms with E-state index in [0.29, 0.717) is 5.69 Å². The van der Waals surface area contributed by atoms with Crippen LogP contribution in [0.4, 0.5) is 11.5 Å². The molecule has 19 heavy (non-hydrogen) atoms. The average molecular weight is 262 g/mol. The SMILES string of the molecule is Cc1nc(NC(=O)Cc2ccon2)ccc1[N+](=O)[O-]. The molecule has 2 heterocycles. The minimum atomic E-state index is -0.524. The van der Waals surface area contributed by atoms with Crippen LogP contribution >= 0.6 is 0 Å². The molecule has 0 saturated heterocycles. The molecule has 98 valence electrons. The summed E-state index contributed by atoms with van der Waals surface area (Å²) in [7, 11) is 0. The van der Waals surface area contributed by atoms with Crippen LogP contribution in [-0.2, 0) is 11.2 Å². The maximum Gasteiger partial charge on any atom is 0.290 e. The molecule has 0 saturated carbocycles. The Balaban J connectivity index is 2.05. The Kier molecular flexibility index (Phi) is 3.51. The van der Waals surface area contributed by atoms with Gasteiger partial charge in [-0.15, -0.1) is 0 Å². The number of hydrogen-bond acceptors (Lipinski definition) is 6. The van der Waals surface area contributed by atoms with E-state index in [1.165, 1.54) is 25.3 Å². The number of nitrogens with zero attached hydrogens (tertiary/aromatic N) is 3. The molecule has 2 aromatic rings. The van der Waals surface area contributed by atoms with Gasteiger partial charge in [0.15, 0.2) is 0 Å². The molecule has 0 bridgehead atoms. The van der Waals surface area contributed by atoms with Crippen LogP contribution in [-0.4, -0.2) is 21.0 Å². The monoisotopic (exact) mass is 262 g/mol. The lowest BCUT2D eigenvalue weighted by Crippen LogP contribution is -2.15. The van der Waals surface area contributed by atoms with Crippen molar-refractivity contribution in [1.82, 2.24) is 10.1 Å². The molecule has 0 radical (unpaired) electrons. The van der Waals surface area contributed by atoms with Crippen molar-refractivity contribution in [2.24, 2.45) is 0 Å². The number of nitro groups is 1. The van der Waals surface area contributed by atoms with Gasteiger partial charge in [0.05, 0.1) is 17.0 Å². The molecule has 0 aliphatic rings. The largest absolute Gasteiger partial charge is 0.364 e. The fourth-order valence-electron chi connectivity index (χ4n) is 1.50. The fraction of sp³-hybridized carbons (Fsp3) is 0.182. The van der Waals surface area contributed by atoms with Gasteiger partial charge in [-0.05, 0) is 13.0 Å². The van der Waals surface area contributed by atoms with E-state index in [1.54, 1.807) is 6.07 Å². The van der Waals surface area contributed by atoms with E-state index >= 15 is 0 Å². The third kappa shape index (κ3) is 3.12. The van der Waals surface area contributed by atoms with Gasteiger partial charge in [0.25, 0.3) is 5.69 Å². The zero-order chi connectivity index (χ0) is 13.8. The van der Waals surface area contributed by atoms with Gasteiger partial charge < -0.3 is 9.84 Å². The van der Waals surface area contributed by atoms with Gasteiger partial charge in [-0.2, -0.15) is 0 Å². The van der Waals surface area contributed by atoms with Gasteiger partial charge in [-0.3, -0.25) is 14.9 Å². The van der Waals surface area contributed by atoms with Gasteiger partial charge in [-0.25, -0.2) is 4.98 Å². The summed E-state index contributed by atoms with van der Waals surface area (Å²) in [5.74, 6) is -0.0637. The smallest absolute Gasteiger partial charge is 0.290 e. The van der Waals surface area contributed by atoms with Crippen molar-refractivity contribution in [1.29, 1.82) is 0 Å². The van der Waals surface area contributed by atoms with Crippen LogP contribution < -0.4 is 5.32 Å². The second kappa shape index (κ2) is 5.25. The van der Waals surface area contributed by atoms with E-state index in [2.05, 4.69) is 20.0 Å². The average Bonchev–Trinajstić information content (AvgIpc) is 2.81. The Morgan fingerprint density at radius 2 is 2.26 bits per heavy atom. The lowest BCUT2D eigenvalue weighted by molar-refractivity contribution is -0.385. The maximum absolute atomic E-state index is 11.6. The van der Waals surface area contributed by atoms with Crippen LogP contribution in [0.15, 0.2) is 29.0 Å². The second-order valence-corrected chi connectivity index (χ2v) is 3.77. The first kappa shape index (κ1) is 12.7. The van der Waals surface area contributed by atoms with Crippen molar-refractivity contribution >= 4 is 17.4 Å². The normalized spacial score (nSPS) is 10.2. The minimum absolute atomic E-state index is 0.0498. The first-order valence-corrected chi connectivity index (χ1v) is 5.37. The zero-order valence-corrected chi connectivity index (χ0v) is 9.99. The minimum Gasteiger partial charge on any atom is -0.364 e. The van der Waals surface area contributed by atoms with Gasteiger partial charge in [-0.1, -0.05) is 5.16 Å². The highest BCUT2D eigenvalue weighted by atomic mass is 16.6. The van der Waals surface area contributed by atoms with Crippen molar-refractivity contribution in [2.75, 3.05) is 5.32 Å². The number of aryl methyl sites for hydroxylation is 1. The lowest BCUT2D eigenvalue weighted by atomic mass is 10.3. The number of carbonyl (C=O) groups excluding carboxylic acids is 1. The second-order valence-electron chi connectivity index (χ2n) is 3.77. The number of pyridine rings is 1. The molecule has 0 aromatic carbocycles. The Morgan fingerprint density at radius 3 is 2.84 bits per heavy atom. The van der Waals surface area contributed by atoms with Crippen molar-refractivity contribution in [3.63, 3.8) is 0 Å². The number of nitrogens with one attached hydrogen (secondary N) is 1. The number of hydrogen-bond donors (Lipinski definition) is 1. The predicted octanol–water partition coefficient (Wildman–Crippen LogP) is 1.47. The molecule has 0 unspecified atom stereocenters. The van der Waals surface area contributed by atoms with Crippen molar-refractivity contribution in [3.8, 4) is 0 Å². The quantitative estimate of drug-likeness (QED) is 0.659. The lowest BCUT2D eigenvalue weighted by Gasteiger charge is -2.04. The third-order valence-corrected chi connectivity index (χ3v) is 2.36. The molecule has 2 aromatic heterocycles. The molecule has 1 N–H and O–H groups in total. The molecule has 0 atom stereocenters. The molecule has 0 spiro atoms. The van der Waals surface area contributed by atoms with Crippen LogP contribution in [0.25, 0.3) is 0 Å². The van der Waals surface area contributed by atoms with Crippen LogP contribution in [0, 0.1) is 17.0 Å².